The minimum absolute atomic E-state index is 0.118. The Morgan fingerprint density at radius 1 is 1.39 bits per heavy atom. The Bertz CT molecular complexity index is 262. The van der Waals surface area contributed by atoms with E-state index < -0.39 is 0 Å². The molecule has 0 atom stereocenters. The summed E-state index contributed by atoms with van der Waals surface area (Å²) in [6, 6.07) is 0. The zero-order valence-corrected chi connectivity index (χ0v) is 12.0. The van der Waals surface area contributed by atoms with E-state index in [2.05, 4.69) is 31.1 Å². The van der Waals surface area contributed by atoms with Crippen molar-refractivity contribution in [3.63, 3.8) is 0 Å². The van der Waals surface area contributed by atoms with E-state index >= 15 is 0 Å². The van der Waals surface area contributed by atoms with E-state index in [0.717, 1.165) is 39.3 Å². The molecule has 3 N–H and O–H groups in total. The average Bonchev–Trinajstić information content (AvgIpc) is 2.36. The van der Waals surface area contributed by atoms with Crippen molar-refractivity contribution in [3.05, 3.63) is 0 Å². The summed E-state index contributed by atoms with van der Waals surface area (Å²) >= 11 is 0. The fraction of sp³-hybridized carbons (Fsp3) is 0.923. The van der Waals surface area contributed by atoms with Gasteiger partial charge in [0.2, 0.25) is 5.91 Å². The molecule has 0 unspecified atom stereocenters. The maximum Gasteiger partial charge on any atom is 0.223 e. The Hall–Kier alpha value is -0.650. The Morgan fingerprint density at radius 3 is 2.56 bits per heavy atom. The third-order valence-electron chi connectivity index (χ3n) is 3.43. The second-order valence-corrected chi connectivity index (χ2v) is 5.99. The summed E-state index contributed by atoms with van der Waals surface area (Å²) in [6.45, 7) is 10.2. The number of piperazine rings is 1. The molecule has 106 valence electrons. The highest BCUT2D eigenvalue weighted by atomic mass is 16.2. The quantitative estimate of drug-likeness (QED) is 0.686. The number of hydrogen-bond acceptors (Lipinski definition) is 4. The van der Waals surface area contributed by atoms with Gasteiger partial charge >= 0.3 is 0 Å². The van der Waals surface area contributed by atoms with Crippen molar-refractivity contribution >= 4 is 5.91 Å². The number of carbonyl (C=O) groups is 1. The third-order valence-corrected chi connectivity index (χ3v) is 3.43. The topological polar surface area (TPSA) is 61.6 Å². The number of carbonyl (C=O) groups excluding carboxylic acids is 1. The van der Waals surface area contributed by atoms with E-state index in [9.17, 15) is 4.79 Å². The first-order valence-corrected chi connectivity index (χ1v) is 6.82. The van der Waals surface area contributed by atoms with Gasteiger partial charge in [-0.1, -0.05) is 13.8 Å². The molecule has 1 heterocycles. The molecule has 5 nitrogen and oxygen atoms in total. The van der Waals surface area contributed by atoms with E-state index in [1.807, 2.05) is 4.90 Å². The summed E-state index contributed by atoms with van der Waals surface area (Å²) in [5.41, 5.74) is 5.84. The number of amides is 1. The smallest absolute Gasteiger partial charge is 0.223 e. The van der Waals surface area contributed by atoms with Gasteiger partial charge in [0.15, 0.2) is 0 Å². The number of nitrogens with one attached hydrogen (secondary N) is 1. The van der Waals surface area contributed by atoms with Gasteiger partial charge < -0.3 is 20.9 Å². The first-order chi connectivity index (χ1) is 8.44. The summed E-state index contributed by atoms with van der Waals surface area (Å²) in [5, 5.41) is 3.25. The van der Waals surface area contributed by atoms with Crippen LogP contribution in [-0.2, 0) is 4.79 Å². The Labute approximate surface area is 111 Å². The molecule has 1 aliphatic rings. The molecule has 0 saturated carbocycles. The minimum Gasteiger partial charge on any atom is -0.340 e. The van der Waals surface area contributed by atoms with Crippen molar-refractivity contribution in [2.75, 3.05) is 52.9 Å². The summed E-state index contributed by atoms with van der Waals surface area (Å²) in [7, 11) is 2.06. The van der Waals surface area contributed by atoms with E-state index in [0.29, 0.717) is 13.0 Å². The largest absolute Gasteiger partial charge is 0.340 e. The number of hydrogen-bond donors (Lipinski definition) is 2. The van der Waals surface area contributed by atoms with Gasteiger partial charge in [0.25, 0.3) is 0 Å². The van der Waals surface area contributed by atoms with Gasteiger partial charge in [-0.15, -0.1) is 0 Å². The molecule has 0 spiro atoms. The third kappa shape index (κ3) is 5.33. The highest BCUT2D eigenvalue weighted by molar-refractivity contribution is 5.76. The minimum atomic E-state index is 0.118. The molecule has 1 rings (SSSR count). The number of rotatable bonds is 6. The maximum atomic E-state index is 12.0. The molecular formula is C13H28N4O. The Morgan fingerprint density at radius 2 is 2.00 bits per heavy atom. The van der Waals surface area contributed by atoms with Gasteiger partial charge in [-0.3, -0.25) is 4.79 Å². The molecule has 5 heteroatoms. The average molecular weight is 256 g/mol. The molecule has 0 bridgehead atoms. The van der Waals surface area contributed by atoms with Crippen molar-refractivity contribution in [3.8, 4) is 0 Å². The van der Waals surface area contributed by atoms with Crippen LogP contribution in [0, 0.1) is 5.41 Å². The zero-order valence-electron chi connectivity index (χ0n) is 12.0. The van der Waals surface area contributed by atoms with Crippen LogP contribution in [0.5, 0.6) is 0 Å². The molecule has 0 aromatic rings. The summed E-state index contributed by atoms with van der Waals surface area (Å²) in [4.78, 5) is 16.1. The van der Waals surface area contributed by atoms with Gasteiger partial charge in [0.05, 0.1) is 0 Å². The lowest BCUT2D eigenvalue weighted by Gasteiger charge is -2.30. The van der Waals surface area contributed by atoms with Gasteiger partial charge in [0, 0.05) is 45.7 Å². The normalized spacial score (nSPS) is 17.3. The lowest BCUT2D eigenvalue weighted by molar-refractivity contribution is -0.132. The molecule has 0 radical (unpaired) electrons. The fourth-order valence-electron chi connectivity index (χ4n) is 2.23. The van der Waals surface area contributed by atoms with Crippen LogP contribution in [0.3, 0.4) is 0 Å². The van der Waals surface area contributed by atoms with Crippen LogP contribution in [0.25, 0.3) is 0 Å². The van der Waals surface area contributed by atoms with E-state index in [1.54, 1.807) is 0 Å². The van der Waals surface area contributed by atoms with E-state index in [-0.39, 0.29) is 11.3 Å². The van der Waals surface area contributed by atoms with Gasteiger partial charge in [-0.05, 0) is 19.0 Å². The first-order valence-electron chi connectivity index (χ1n) is 6.82. The summed E-state index contributed by atoms with van der Waals surface area (Å²) < 4.78 is 0. The predicted molar refractivity (Wildman–Crippen MR) is 74.4 cm³/mol. The van der Waals surface area contributed by atoms with Gasteiger partial charge in [0.1, 0.15) is 0 Å². The van der Waals surface area contributed by atoms with Crippen molar-refractivity contribution in [2.24, 2.45) is 11.1 Å². The van der Waals surface area contributed by atoms with Gasteiger partial charge in [-0.25, -0.2) is 0 Å². The van der Waals surface area contributed by atoms with Gasteiger partial charge in [-0.2, -0.15) is 0 Å². The SMILES string of the molecule is CN(CCC(=O)N1CCNCC1)CC(C)(C)CN. The Kier molecular flexibility index (Phi) is 6.05. The summed E-state index contributed by atoms with van der Waals surface area (Å²) in [6.07, 6.45) is 0.608. The monoisotopic (exact) mass is 256 g/mol. The highest BCUT2D eigenvalue weighted by Crippen LogP contribution is 2.14. The second kappa shape index (κ2) is 7.07. The van der Waals surface area contributed by atoms with Crippen molar-refractivity contribution < 1.29 is 4.79 Å². The number of nitrogens with zero attached hydrogens (tertiary/aromatic N) is 2. The second-order valence-electron chi connectivity index (χ2n) is 5.99. The molecule has 1 fully saturated rings. The van der Waals surface area contributed by atoms with Crippen LogP contribution in [0.2, 0.25) is 0 Å². The van der Waals surface area contributed by atoms with Crippen LogP contribution in [-0.4, -0.2) is 68.6 Å². The molecule has 0 aliphatic carbocycles. The zero-order chi connectivity index (χ0) is 13.6. The molecule has 1 saturated heterocycles. The van der Waals surface area contributed by atoms with Crippen LogP contribution >= 0.6 is 0 Å². The standard InChI is InChI=1S/C13H28N4O/c1-13(2,10-14)11-16(3)7-4-12(18)17-8-5-15-6-9-17/h15H,4-11,14H2,1-3H3. The molecule has 18 heavy (non-hydrogen) atoms. The van der Waals surface area contributed by atoms with Crippen molar-refractivity contribution in [1.82, 2.24) is 15.1 Å². The molecule has 0 aromatic carbocycles. The van der Waals surface area contributed by atoms with Crippen LogP contribution in [0.1, 0.15) is 20.3 Å². The molecule has 1 amide bonds. The van der Waals surface area contributed by atoms with Crippen LogP contribution < -0.4 is 11.1 Å². The van der Waals surface area contributed by atoms with Crippen LogP contribution in [0.15, 0.2) is 0 Å². The lowest BCUT2D eigenvalue weighted by Crippen LogP contribution is -2.47. The maximum absolute atomic E-state index is 12.0. The molecule has 1 aliphatic heterocycles. The lowest BCUT2D eigenvalue weighted by atomic mass is 9.93. The van der Waals surface area contributed by atoms with E-state index in [4.69, 9.17) is 5.73 Å². The fourth-order valence-corrected chi connectivity index (χ4v) is 2.23. The number of nitrogens with two attached hydrogens (primary N) is 1. The highest BCUT2D eigenvalue weighted by Gasteiger charge is 2.20. The molecular weight excluding hydrogens is 228 g/mol. The van der Waals surface area contributed by atoms with Crippen molar-refractivity contribution in [2.45, 2.75) is 20.3 Å². The van der Waals surface area contributed by atoms with Crippen LogP contribution in [0.4, 0.5) is 0 Å². The predicted octanol–water partition coefficient (Wildman–Crippen LogP) is -0.275. The Balaban J connectivity index is 2.24. The van der Waals surface area contributed by atoms with E-state index in [1.165, 1.54) is 0 Å². The van der Waals surface area contributed by atoms with Crippen molar-refractivity contribution in [1.29, 1.82) is 0 Å². The first kappa shape index (κ1) is 15.4. The summed E-state index contributed by atoms with van der Waals surface area (Å²) in [5.74, 6) is 0.272. The molecule has 0 aromatic heterocycles.